The fourth-order valence-electron chi connectivity index (χ4n) is 1.86. The van der Waals surface area contributed by atoms with Gasteiger partial charge in [-0.2, -0.15) is 17.9 Å². The molecule has 0 heterocycles. The largest absolute Gasteiger partial charge is 0.417 e. The molecule has 2 unspecified atom stereocenters. The lowest BCUT2D eigenvalue weighted by Gasteiger charge is -2.22. The summed E-state index contributed by atoms with van der Waals surface area (Å²) in [6, 6.07) is 2.47. The average Bonchev–Trinajstić information content (AvgIpc) is 2.43. The molecule has 22 heavy (non-hydrogen) atoms. The topological polar surface area (TPSA) is 89.3 Å². The number of hydrogen-bond acceptors (Lipinski definition) is 3. The predicted molar refractivity (Wildman–Crippen MR) is 74.2 cm³/mol. The number of nitrogens with one attached hydrogen (secondary N) is 1. The molecule has 1 aromatic carbocycles. The molecule has 124 valence electrons. The quantitative estimate of drug-likeness (QED) is 0.830. The zero-order valence-corrected chi connectivity index (χ0v) is 12.8. The fraction of sp³-hybridized carbons (Fsp3) is 0.462. The third-order valence-corrected chi connectivity index (χ3v) is 4.78. The molecule has 1 aromatic rings. The molecule has 0 bridgehead atoms. The molecule has 0 aliphatic rings. The van der Waals surface area contributed by atoms with Gasteiger partial charge in [-0.1, -0.05) is 32.4 Å². The van der Waals surface area contributed by atoms with E-state index < -0.39 is 44.5 Å². The van der Waals surface area contributed by atoms with Gasteiger partial charge in [0.15, 0.2) is 0 Å². The van der Waals surface area contributed by atoms with Gasteiger partial charge in [0, 0.05) is 0 Å². The maximum atomic E-state index is 12.9. The van der Waals surface area contributed by atoms with E-state index in [-0.39, 0.29) is 0 Å². The number of amides is 1. The highest BCUT2D eigenvalue weighted by Gasteiger charge is 2.38. The third-order valence-electron chi connectivity index (χ3n) is 3.28. The summed E-state index contributed by atoms with van der Waals surface area (Å²) in [5.41, 5.74) is 3.84. The molecule has 0 aliphatic heterocycles. The zero-order valence-electron chi connectivity index (χ0n) is 12.0. The number of nitrogens with two attached hydrogens (primary N) is 1. The average molecular weight is 338 g/mol. The first kappa shape index (κ1) is 18.4. The minimum absolute atomic E-state index is 0.428. The van der Waals surface area contributed by atoms with Crippen LogP contribution in [0.1, 0.15) is 25.8 Å². The number of carbonyl (C=O) groups is 1. The van der Waals surface area contributed by atoms with Gasteiger partial charge in [0.05, 0.1) is 10.5 Å². The predicted octanol–water partition coefficient (Wildman–Crippen LogP) is 1.88. The molecular weight excluding hydrogens is 321 g/mol. The van der Waals surface area contributed by atoms with Crippen LogP contribution in [0.5, 0.6) is 0 Å². The van der Waals surface area contributed by atoms with Gasteiger partial charge in [0.1, 0.15) is 6.04 Å². The van der Waals surface area contributed by atoms with E-state index in [0.29, 0.717) is 12.5 Å². The van der Waals surface area contributed by atoms with Crippen LogP contribution < -0.4 is 10.5 Å². The van der Waals surface area contributed by atoms with Crippen molar-refractivity contribution >= 4 is 15.9 Å². The Morgan fingerprint density at radius 3 is 2.32 bits per heavy atom. The van der Waals surface area contributed by atoms with Gasteiger partial charge in [-0.05, 0) is 18.1 Å². The Labute approximate surface area is 126 Å². The van der Waals surface area contributed by atoms with Crippen LogP contribution in [-0.2, 0) is 21.0 Å². The molecule has 2 atom stereocenters. The van der Waals surface area contributed by atoms with E-state index in [1.165, 1.54) is 6.07 Å². The lowest BCUT2D eigenvalue weighted by Crippen LogP contribution is -2.48. The minimum Gasteiger partial charge on any atom is -0.368 e. The molecule has 0 aromatic heterocycles. The summed E-state index contributed by atoms with van der Waals surface area (Å²) in [5, 5.41) is 0. The van der Waals surface area contributed by atoms with E-state index in [0.717, 1.165) is 12.1 Å². The summed E-state index contributed by atoms with van der Waals surface area (Å²) in [7, 11) is -4.54. The maximum absolute atomic E-state index is 12.9. The summed E-state index contributed by atoms with van der Waals surface area (Å²) >= 11 is 0. The Kier molecular flexibility index (Phi) is 5.58. The number of benzene rings is 1. The maximum Gasteiger partial charge on any atom is 0.417 e. The third kappa shape index (κ3) is 4.20. The van der Waals surface area contributed by atoms with Crippen molar-refractivity contribution < 1.29 is 26.4 Å². The van der Waals surface area contributed by atoms with Gasteiger partial charge in [-0.3, -0.25) is 4.79 Å². The van der Waals surface area contributed by atoms with Crippen molar-refractivity contribution in [2.45, 2.75) is 37.4 Å². The van der Waals surface area contributed by atoms with Crippen LogP contribution in [0.15, 0.2) is 29.2 Å². The van der Waals surface area contributed by atoms with Crippen LogP contribution in [0.4, 0.5) is 13.2 Å². The minimum atomic E-state index is -4.83. The lowest BCUT2D eigenvalue weighted by atomic mass is 10.00. The number of carbonyl (C=O) groups excluding carboxylic acids is 1. The standard InChI is InChI=1S/C13H17F3N2O3S/c1-3-8(2)11(12(17)19)18-22(20,21)10-7-5-4-6-9(10)13(14,15)16/h4-8,11,18H,3H2,1-2H3,(H2,17,19). The molecule has 0 radical (unpaired) electrons. The number of hydrogen-bond donors (Lipinski definition) is 2. The van der Waals surface area contributed by atoms with E-state index in [2.05, 4.69) is 0 Å². The first-order valence-electron chi connectivity index (χ1n) is 6.48. The van der Waals surface area contributed by atoms with Crippen LogP contribution in [0.2, 0.25) is 0 Å². The SMILES string of the molecule is CCC(C)C(NS(=O)(=O)c1ccccc1C(F)(F)F)C(N)=O. The highest BCUT2D eigenvalue weighted by Crippen LogP contribution is 2.34. The van der Waals surface area contributed by atoms with Crippen molar-refractivity contribution in [2.24, 2.45) is 11.7 Å². The Morgan fingerprint density at radius 2 is 1.86 bits per heavy atom. The molecule has 5 nitrogen and oxygen atoms in total. The molecule has 0 aliphatic carbocycles. The molecule has 1 rings (SSSR count). The van der Waals surface area contributed by atoms with Gasteiger partial charge in [-0.15, -0.1) is 0 Å². The van der Waals surface area contributed by atoms with Gasteiger partial charge < -0.3 is 5.73 Å². The molecule has 9 heteroatoms. The van der Waals surface area contributed by atoms with Crippen molar-refractivity contribution in [3.05, 3.63) is 29.8 Å². The van der Waals surface area contributed by atoms with Crippen LogP contribution in [0.25, 0.3) is 0 Å². The summed E-state index contributed by atoms with van der Waals surface area (Å²) in [5.74, 6) is -1.40. The van der Waals surface area contributed by atoms with Crippen molar-refractivity contribution in [3.63, 3.8) is 0 Å². The highest BCUT2D eigenvalue weighted by atomic mass is 32.2. The molecule has 3 N–H and O–H groups in total. The summed E-state index contributed by atoms with van der Waals surface area (Å²) < 4.78 is 65.1. The number of primary amides is 1. The molecule has 0 saturated heterocycles. The van der Waals surface area contributed by atoms with E-state index in [4.69, 9.17) is 5.73 Å². The normalized spacial score (nSPS) is 15.3. The van der Waals surface area contributed by atoms with Gasteiger partial charge >= 0.3 is 6.18 Å². The van der Waals surface area contributed by atoms with Crippen molar-refractivity contribution in [1.82, 2.24) is 4.72 Å². The van der Waals surface area contributed by atoms with Crippen molar-refractivity contribution in [2.75, 3.05) is 0 Å². The number of sulfonamides is 1. The second-order valence-corrected chi connectivity index (χ2v) is 6.56. The zero-order chi connectivity index (χ0) is 17.1. The molecule has 0 spiro atoms. The number of rotatable bonds is 6. The summed E-state index contributed by atoms with van der Waals surface area (Å²) in [6.07, 6.45) is -4.40. The Balaban J connectivity index is 3.29. The first-order chi connectivity index (χ1) is 10.0. The first-order valence-corrected chi connectivity index (χ1v) is 7.97. The van der Waals surface area contributed by atoms with Gasteiger partial charge in [-0.25, -0.2) is 8.42 Å². The molecular formula is C13H17F3N2O3S. The van der Waals surface area contributed by atoms with E-state index in [9.17, 15) is 26.4 Å². The molecule has 0 fully saturated rings. The van der Waals surface area contributed by atoms with Crippen molar-refractivity contribution in [3.8, 4) is 0 Å². The smallest absolute Gasteiger partial charge is 0.368 e. The monoisotopic (exact) mass is 338 g/mol. The highest BCUT2D eigenvalue weighted by molar-refractivity contribution is 7.89. The lowest BCUT2D eigenvalue weighted by molar-refractivity contribution is -0.139. The van der Waals surface area contributed by atoms with Crippen LogP contribution >= 0.6 is 0 Å². The second-order valence-electron chi connectivity index (χ2n) is 4.88. The number of alkyl halides is 3. The summed E-state index contributed by atoms with van der Waals surface area (Å²) in [6.45, 7) is 3.28. The Hall–Kier alpha value is -1.61. The van der Waals surface area contributed by atoms with Crippen LogP contribution in [0, 0.1) is 5.92 Å². The van der Waals surface area contributed by atoms with Crippen LogP contribution in [0.3, 0.4) is 0 Å². The Bertz CT molecular complexity index is 644. The second kappa shape index (κ2) is 6.66. The van der Waals surface area contributed by atoms with Crippen molar-refractivity contribution in [1.29, 1.82) is 0 Å². The Morgan fingerprint density at radius 1 is 1.32 bits per heavy atom. The molecule has 0 saturated carbocycles. The van der Waals surface area contributed by atoms with Crippen LogP contribution in [-0.4, -0.2) is 20.4 Å². The molecule has 1 amide bonds. The fourth-order valence-corrected chi connectivity index (χ4v) is 3.40. The number of halogens is 3. The van der Waals surface area contributed by atoms with Gasteiger partial charge in [0.2, 0.25) is 15.9 Å². The van der Waals surface area contributed by atoms with Gasteiger partial charge in [0.25, 0.3) is 0 Å². The van der Waals surface area contributed by atoms with E-state index in [1.54, 1.807) is 13.8 Å². The summed E-state index contributed by atoms with van der Waals surface area (Å²) in [4.78, 5) is 10.4. The van der Waals surface area contributed by atoms with E-state index >= 15 is 0 Å². The van der Waals surface area contributed by atoms with E-state index in [1.807, 2.05) is 4.72 Å².